The number of benzene rings is 2. The summed E-state index contributed by atoms with van der Waals surface area (Å²) < 4.78 is 35.0. The van der Waals surface area contributed by atoms with Gasteiger partial charge >= 0.3 is 5.97 Å². The van der Waals surface area contributed by atoms with Crippen molar-refractivity contribution >= 4 is 16.2 Å². The maximum atomic E-state index is 12.9. The van der Waals surface area contributed by atoms with E-state index in [0.717, 1.165) is 11.1 Å². The van der Waals surface area contributed by atoms with Crippen LogP contribution in [0.1, 0.15) is 36.8 Å². The van der Waals surface area contributed by atoms with Gasteiger partial charge in [0.2, 0.25) is 0 Å². The number of ether oxygens (including phenoxy) is 1. The molecule has 0 atom stereocenters. The molecule has 1 heterocycles. The number of piperidine rings is 1. The molecule has 1 aliphatic heterocycles. The molecule has 0 aromatic heterocycles. The van der Waals surface area contributed by atoms with Crippen molar-refractivity contribution in [1.82, 2.24) is 9.03 Å². The highest BCUT2D eigenvalue weighted by molar-refractivity contribution is 7.87. The Morgan fingerprint density at radius 2 is 1.55 bits per heavy atom. The van der Waals surface area contributed by atoms with E-state index in [2.05, 4.69) is 4.72 Å². The van der Waals surface area contributed by atoms with E-state index in [1.54, 1.807) is 6.92 Å². The minimum absolute atomic E-state index is 0.0794. The molecule has 29 heavy (non-hydrogen) atoms. The third-order valence-electron chi connectivity index (χ3n) is 5.29. The normalized spacial score (nSPS) is 16.1. The highest BCUT2D eigenvalue weighted by atomic mass is 32.2. The van der Waals surface area contributed by atoms with Crippen molar-refractivity contribution in [1.29, 1.82) is 0 Å². The largest absolute Gasteiger partial charge is 0.466 e. The molecular weight excluding hydrogens is 388 g/mol. The van der Waals surface area contributed by atoms with Crippen molar-refractivity contribution in [2.75, 3.05) is 26.2 Å². The smallest absolute Gasteiger partial charge is 0.309 e. The summed E-state index contributed by atoms with van der Waals surface area (Å²) in [6, 6.07) is 19.8. The van der Waals surface area contributed by atoms with E-state index < -0.39 is 10.2 Å². The SMILES string of the molecule is CCOC(=O)C1CCN(S(=O)(=O)NCC(c2ccccc2)c2ccccc2)CC1. The molecule has 1 fully saturated rings. The molecule has 0 aliphatic carbocycles. The predicted octanol–water partition coefficient (Wildman–Crippen LogP) is 2.93. The first-order valence-corrected chi connectivity index (χ1v) is 11.5. The maximum absolute atomic E-state index is 12.9. The van der Waals surface area contributed by atoms with Crippen molar-refractivity contribution < 1.29 is 17.9 Å². The zero-order valence-electron chi connectivity index (χ0n) is 16.7. The number of esters is 1. The van der Waals surface area contributed by atoms with Crippen LogP contribution in [-0.2, 0) is 19.7 Å². The second kappa shape index (κ2) is 10.0. The fourth-order valence-electron chi connectivity index (χ4n) is 3.67. The lowest BCUT2D eigenvalue weighted by Crippen LogP contribution is -2.47. The van der Waals surface area contributed by atoms with E-state index in [-0.39, 0.29) is 24.3 Å². The van der Waals surface area contributed by atoms with Crippen molar-refractivity contribution in [3.05, 3.63) is 71.8 Å². The topological polar surface area (TPSA) is 75.7 Å². The molecule has 0 unspecified atom stereocenters. The number of nitrogens with zero attached hydrogens (tertiary/aromatic N) is 1. The standard InChI is InChI=1S/C22H28N2O4S/c1-2-28-22(25)20-13-15-24(16-14-20)29(26,27)23-17-21(18-9-5-3-6-10-18)19-11-7-4-8-12-19/h3-12,20-21,23H,2,13-17H2,1H3. The average molecular weight is 417 g/mol. The molecule has 0 radical (unpaired) electrons. The number of carbonyl (C=O) groups is 1. The van der Waals surface area contributed by atoms with Gasteiger partial charge in [-0.05, 0) is 30.9 Å². The minimum Gasteiger partial charge on any atom is -0.466 e. The Labute approximate surface area is 173 Å². The van der Waals surface area contributed by atoms with Gasteiger partial charge in [0.15, 0.2) is 0 Å². The molecule has 1 saturated heterocycles. The summed E-state index contributed by atoms with van der Waals surface area (Å²) in [4.78, 5) is 11.9. The minimum atomic E-state index is -3.62. The van der Waals surface area contributed by atoms with Crippen LogP contribution in [0.15, 0.2) is 60.7 Å². The fourth-order valence-corrected chi connectivity index (χ4v) is 4.92. The van der Waals surface area contributed by atoms with Crippen LogP contribution in [-0.4, -0.2) is 44.9 Å². The van der Waals surface area contributed by atoms with Gasteiger partial charge in [0.05, 0.1) is 12.5 Å². The Bertz CT molecular complexity index is 840. The van der Waals surface area contributed by atoms with Gasteiger partial charge in [-0.2, -0.15) is 12.7 Å². The van der Waals surface area contributed by atoms with E-state index in [9.17, 15) is 13.2 Å². The summed E-state index contributed by atoms with van der Waals surface area (Å²) in [5.74, 6) is -0.530. The lowest BCUT2D eigenvalue weighted by molar-refractivity contribution is -0.149. The van der Waals surface area contributed by atoms with E-state index in [4.69, 9.17) is 4.74 Å². The van der Waals surface area contributed by atoms with Crippen LogP contribution in [0, 0.1) is 5.92 Å². The van der Waals surface area contributed by atoms with Crippen LogP contribution in [0.5, 0.6) is 0 Å². The molecule has 0 bridgehead atoms. The highest BCUT2D eigenvalue weighted by Gasteiger charge is 2.32. The number of nitrogens with one attached hydrogen (secondary N) is 1. The Balaban J connectivity index is 1.65. The molecule has 1 aliphatic rings. The summed E-state index contributed by atoms with van der Waals surface area (Å²) in [5, 5.41) is 0. The van der Waals surface area contributed by atoms with E-state index in [1.807, 2.05) is 60.7 Å². The molecule has 6 nitrogen and oxygen atoms in total. The zero-order valence-corrected chi connectivity index (χ0v) is 17.5. The van der Waals surface area contributed by atoms with Crippen LogP contribution >= 0.6 is 0 Å². The van der Waals surface area contributed by atoms with E-state index in [0.29, 0.717) is 32.5 Å². The molecular formula is C22H28N2O4S. The predicted molar refractivity (Wildman–Crippen MR) is 113 cm³/mol. The number of carbonyl (C=O) groups excluding carboxylic acids is 1. The second-order valence-corrected chi connectivity index (χ2v) is 8.91. The van der Waals surface area contributed by atoms with Gasteiger partial charge < -0.3 is 4.74 Å². The monoisotopic (exact) mass is 416 g/mol. The molecule has 0 amide bonds. The van der Waals surface area contributed by atoms with E-state index >= 15 is 0 Å². The highest BCUT2D eigenvalue weighted by Crippen LogP contribution is 2.25. The Hall–Kier alpha value is -2.22. The van der Waals surface area contributed by atoms with Crippen molar-refractivity contribution in [2.45, 2.75) is 25.7 Å². The summed E-state index contributed by atoms with van der Waals surface area (Å²) in [7, 11) is -3.62. The summed E-state index contributed by atoms with van der Waals surface area (Å²) in [6.45, 7) is 3.03. The molecule has 156 valence electrons. The van der Waals surface area contributed by atoms with Crippen LogP contribution < -0.4 is 4.72 Å². The maximum Gasteiger partial charge on any atom is 0.309 e. The van der Waals surface area contributed by atoms with Crippen LogP contribution in [0.2, 0.25) is 0 Å². The molecule has 0 saturated carbocycles. The lowest BCUT2D eigenvalue weighted by Gasteiger charge is -2.30. The molecule has 2 aromatic rings. The summed E-state index contributed by atoms with van der Waals surface area (Å²) in [5.41, 5.74) is 2.12. The first-order valence-electron chi connectivity index (χ1n) is 10.0. The van der Waals surface area contributed by atoms with Gasteiger partial charge in [0.25, 0.3) is 10.2 Å². The molecule has 2 aromatic carbocycles. The second-order valence-electron chi connectivity index (χ2n) is 7.15. The van der Waals surface area contributed by atoms with Crippen molar-refractivity contribution in [2.24, 2.45) is 5.92 Å². The van der Waals surface area contributed by atoms with Crippen LogP contribution in [0.3, 0.4) is 0 Å². The van der Waals surface area contributed by atoms with Crippen molar-refractivity contribution in [3.8, 4) is 0 Å². The number of rotatable bonds is 8. The first kappa shape index (κ1) is 21.5. The average Bonchev–Trinajstić information content (AvgIpc) is 2.75. The summed E-state index contributed by atoms with van der Waals surface area (Å²) >= 11 is 0. The Kier molecular flexibility index (Phi) is 7.41. The van der Waals surface area contributed by atoms with Crippen LogP contribution in [0.4, 0.5) is 0 Å². The first-order chi connectivity index (χ1) is 14.0. The van der Waals surface area contributed by atoms with Gasteiger partial charge in [-0.25, -0.2) is 4.72 Å². The van der Waals surface area contributed by atoms with Gasteiger partial charge in [-0.1, -0.05) is 60.7 Å². The Morgan fingerprint density at radius 1 is 1.03 bits per heavy atom. The van der Waals surface area contributed by atoms with E-state index in [1.165, 1.54) is 4.31 Å². The van der Waals surface area contributed by atoms with Gasteiger partial charge in [0.1, 0.15) is 0 Å². The van der Waals surface area contributed by atoms with Crippen LogP contribution in [0.25, 0.3) is 0 Å². The van der Waals surface area contributed by atoms with Gasteiger partial charge in [0, 0.05) is 25.6 Å². The molecule has 7 heteroatoms. The van der Waals surface area contributed by atoms with Gasteiger partial charge in [-0.15, -0.1) is 0 Å². The molecule has 0 spiro atoms. The quantitative estimate of drug-likeness (QED) is 0.672. The third-order valence-corrected chi connectivity index (χ3v) is 6.86. The Morgan fingerprint density at radius 3 is 2.03 bits per heavy atom. The zero-order chi connectivity index (χ0) is 20.7. The number of hydrogen-bond donors (Lipinski definition) is 1. The molecule has 3 rings (SSSR count). The van der Waals surface area contributed by atoms with Gasteiger partial charge in [-0.3, -0.25) is 4.79 Å². The lowest BCUT2D eigenvalue weighted by atomic mass is 9.92. The third kappa shape index (κ3) is 5.65. The molecule has 1 N–H and O–H groups in total. The fraction of sp³-hybridized carbons (Fsp3) is 0.409. The van der Waals surface area contributed by atoms with Crippen molar-refractivity contribution in [3.63, 3.8) is 0 Å². The number of hydrogen-bond acceptors (Lipinski definition) is 4. The summed E-state index contributed by atoms with van der Waals surface area (Å²) in [6.07, 6.45) is 0.973.